The first-order valence-corrected chi connectivity index (χ1v) is 8.20. The summed E-state index contributed by atoms with van der Waals surface area (Å²) in [6.45, 7) is 7.00. The van der Waals surface area contributed by atoms with Gasteiger partial charge in [-0.05, 0) is 39.8 Å². The molecule has 2 heterocycles. The summed E-state index contributed by atoms with van der Waals surface area (Å²) < 4.78 is 45.5. The van der Waals surface area contributed by atoms with E-state index in [4.69, 9.17) is 4.74 Å². The van der Waals surface area contributed by atoms with Crippen LogP contribution in [0.4, 0.5) is 19.0 Å². The number of ether oxygens (including phenoxy) is 1. The van der Waals surface area contributed by atoms with Crippen LogP contribution in [-0.4, -0.2) is 37.9 Å². The first-order valence-electron chi connectivity index (χ1n) is 8.20. The molecule has 146 valence electrons. The van der Waals surface area contributed by atoms with Crippen molar-refractivity contribution in [2.45, 2.75) is 46.0 Å². The van der Waals surface area contributed by atoms with Crippen LogP contribution < -0.4 is 5.32 Å². The zero-order valence-electron chi connectivity index (χ0n) is 15.3. The number of carbonyl (C=O) groups excluding carboxylic acids is 1. The number of nitrogens with one attached hydrogen (secondary N) is 1. The molecule has 27 heavy (non-hydrogen) atoms. The largest absolute Gasteiger partial charge is 0.460 e. The fourth-order valence-electron chi connectivity index (χ4n) is 2.06. The average Bonchev–Trinajstić information content (AvgIpc) is 2.99. The van der Waals surface area contributed by atoms with E-state index >= 15 is 0 Å². The van der Waals surface area contributed by atoms with E-state index in [0.717, 1.165) is 12.1 Å². The number of halogens is 3. The van der Waals surface area contributed by atoms with Gasteiger partial charge in [0.1, 0.15) is 17.8 Å². The lowest BCUT2D eigenvalue weighted by Crippen LogP contribution is -2.15. The maximum atomic E-state index is 13.1. The third-order valence-corrected chi connectivity index (χ3v) is 3.03. The fraction of sp³-hybridized carbons (Fsp3) is 0.412. The Balaban J connectivity index is 2.31. The number of hydrogen-bond donors (Lipinski definition) is 1. The van der Waals surface area contributed by atoms with Crippen LogP contribution in [0.2, 0.25) is 0 Å². The van der Waals surface area contributed by atoms with Crippen LogP contribution in [0.5, 0.6) is 0 Å². The molecule has 2 aromatic heterocycles. The fourth-order valence-corrected chi connectivity index (χ4v) is 2.06. The number of hydrogen-bond acceptors (Lipinski definition) is 6. The van der Waals surface area contributed by atoms with Crippen LogP contribution in [0.25, 0.3) is 17.6 Å². The second-order valence-electron chi connectivity index (χ2n) is 6.27. The molecule has 0 aliphatic carbocycles. The summed E-state index contributed by atoms with van der Waals surface area (Å²) in [5.74, 6) is -0.424. The highest BCUT2D eigenvalue weighted by Gasteiger charge is 2.33. The molecule has 0 unspecified atom stereocenters. The molecule has 7 nitrogen and oxygen atoms in total. The van der Waals surface area contributed by atoms with Crippen LogP contribution in [0, 0.1) is 0 Å². The molecule has 0 spiro atoms. The molecule has 0 aliphatic rings. The Morgan fingerprint density at radius 2 is 1.96 bits per heavy atom. The zero-order valence-corrected chi connectivity index (χ0v) is 15.3. The average molecular weight is 383 g/mol. The van der Waals surface area contributed by atoms with Crippen molar-refractivity contribution in [1.82, 2.24) is 19.7 Å². The van der Waals surface area contributed by atoms with E-state index in [1.54, 1.807) is 27.7 Å². The summed E-state index contributed by atoms with van der Waals surface area (Å²) in [6, 6.07) is 2.21. The van der Waals surface area contributed by atoms with E-state index in [2.05, 4.69) is 20.4 Å². The van der Waals surface area contributed by atoms with E-state index in [0.29, 0.717) is 0 Å². The van der Waals surface area contributed by atoms with Crippen LogP contribution in [0.1, 0.15) is 33.4 Å². The van der Waals surface area contributed by atoms with Gasteiger partial charge in [0.25, 0.3) is 0 Å². The molecule has 2 aromatic rings. The van der Waals surface area contributed by atoms with Gasteiger partial charge in [0.15, 0.2) is 5.82 Å². The van der Waals surface area contributed by atoms with E-state index in [-0.39, 0.29) is 29.4 Å². The van der Waals surface area contributed by atoms with E-state index in [1.807, 2.05) is 0 Å². The van der Waals surface area contributed by atoms with Gasteiger partial charge < -0.3 is 10.1 Å². The van der Waals surface area contributed by atoms with E-state index in [1.165, 1.54) is 23.3 Å². The quantitative estimate of drug-likeness (QED) is 0.606. The van der Waals surface area contributed by atoms with Gasteiger partial charge in [0.05, 0.1) is 6.10 Å². The Morgan fingerprint density at radius 3 is 2.56 bits per heavy atom. The van der Waals surface area contributed by atoms with Gasteiger partial charge in [-0.1, -0.05) is 0 Å². The molecule has 0 amide bonds. The minimum Gasteiger partial charge on any atom is -0.460 e. The third-order valence-electron chi connectivity index (χ3n) is 3.03. The summed E-state index contributed by atoms with van der Waals surface area (Å²) in [6.07, 6.45) is -1.14. The highest BCUT2D eigenvalue weighted by Crippen LogP contribution is 2.31. The summed E-state index contributed by atoms with van der Waals surface area (Å²) in [4.78, 5) is 19.1. The Morgan fingerprint density at radius 1 is 1.26 bits per heavy atom. The zero-order chi connectivity index (χ0) is 20.2. The Hall–Kier alpha value is -2.91. The van der Waals surface area contributed by atoms with Crippen LogP contribution in [0.15, 0.2) is 24.5 Å². The summed E-state index contributed by atoms with van der Waals surface area (Å²) in [5.41, 5.74) is -0.895. The molecular formula is C17H20F3N5O2. The Bertz CT molecular complexity index is 828. The van der Waals surface area contributed by atoms with Gasteiger partial charge in [-0.15, -0.1) is 5.10 Å². The molecule has 0 radical (unpaired) electrons. The van der Waals surface area contributed by atoms with Crippen molar-refractivity contribution in [1.29, 1.82) is 0 Å². The maximum absolute atomic E-state index is 13.1. The van der Waals surface area contributed by atoms with Gasteiger partial charge in [0.2, 0.25) is 0 Å². The number of rotatable bonds is 6. The first-order chi connectivity index (χ1) is 12.5. The number of carbonyl (C=O) groups is 1. The van der Waals surface area contributed by atoms with Crippen molar-refractivity contribution in [2.75, 3.05) is 5.32 Å². The van der Waals surface area contributed by atoms with Crippen LogP contribution >= 0.6 is 0 Å². The summed E-state index contributed by atoms with van der Waals surface area (Å²) in [5, 5.41) is 6.91. The number of alkyl halides is 3. The molecule has 0 saturated heterocycles. The molecule has 0 aliphatic heterocycles. The SMILES string of the molecule is CC(C)Nc1cc(-c2ncn(C=CC(=O)OC(C)C)n2)cc(C(F)(F)F)n1. The molecule has 0 bridgehead atoms. The molecule has 1 N–H and O–H groups in total. The minimum atomic E-state index is -4.60. The molecule has 0 atom stereocenters. The Kier molecular flexibility index (Phi) is 6.19. The van der Waals surface area contributed by atoms with E-state index in [9.17, 15) is 18.0 Å². The predicted molar refractivity (Wildman–Crippen MR) is 93.6 cm³/mol. The topological polar surface area (TPSA) is 81.9 Å². The molecule has 2 rings (SSSR count). The molecule has 0 aromatic carbocycles. The first kappa shape index (κ1) is 20.4. The standard InChI is InChI=1S/C17H20F3N5O2/c1-10(2)22-14-8-12(7-13(23-14)17(18,19)20)16-21-9-25(24-16)6-5-15(26)27-11(3)4/h5-11H,1-4H3,(H,22,23). The molecular weight excluding hydrogens is 363 g/mol. The molecule has 0 fully saturated rings. The third kappa shape index (κ3) is 6.08. The smallest absolute Gasteiger partial charge is 0.433 e. The van der Waals surface area contributed by atoms with E-state index < -0.39 is 17.8 Å². The lowest BCUT2D eigenvalue weighted by Gasteiger charge is -2.13. The second-order valence-corrected chi connectivity index (χ2v) is 6.27. The normalized spacial score (nSPS) is 12.2. The van der Waals surface area contributed by atoms with Gasteiger partial charge >= 0.3 is 12.1 Å². The van der Waals surface area contributed by atoms with Crippen molar-refractivity contribution in [3.8, 4) is 11.4 Å². The minimum absolute atomic E-state index is 0.0663. The lowest BCUT2D eigenvalue weighted by atomic mass is 10.2. The second kappa shape index (κ2) is 8.19. The summed E-state index contributed by atoms with van der Waals surface area (Å²) >= 11 is 0. The van der Waals surface area contributed by atoms with Gasteiger partial charge in [0, 0.05) is 23.9 Å². The lowest BCUT2D eigenvalue weighted by molar-refractivity contribution is -0.142. The van der Waals surface area contributed by atoms with Crippen molar-refractivity contribution in [2.24, 2.45) is 0 Å². The van der Waals surface area contributed by atoms with Crippen molar-refractivity contribution in [3.05, 3.63) is 30.2 Å². The number of aromatic nitrogens is 4. The highest BCUT2D eigenvalue weighted by molar-refractivity contribution is 5.85. The predicted octanol–water partition coefficient (Wildman–Crippen LogP) is 3.60. The molecule has 10 heteroatoms. The highest BCUT2D eigenvalue weighted by atomic mass is 19.4. The number of pyridine rings is 1. The number of anilines is 1. The summed E-state index contributed by atoms with van der Waals surface area (Å²) in [7, 11) is 0. The Labute approximate surface area is 154 Å². The van der Waals surface area contributed by atoms with Gasteiger partial charge in [-0.2, -0.15) is 13.2 Å². The maximum Gasteiger partial charge on any atom is 0.433 e. The van der Waals surface area contributed by atoms with Crippen molar-refractivity contribution in [3.63, 3.8) is 0 Å². The van der Waals surface area contributed by atoms with Crippen molar-refractivity contribution >= 4 is 18.0 Å². The number of nitrogens with zero attached hydrogens (tertiary/aromatic N) is 4. The van der Waals surface area contributed by atoms with Crippen LogP contribution in [-0.2, 0) is 15.7 Å². The van der Waals surface area contributed by atoms with Gasteiger partial charge in [-0.25, -0.2) is 19.4 Å². The monoisotopic (exact) mass is 383 g/mol. The number of esters is 1. The molecule has 0 saturated carbocycles. The van der Waals surface area contributed by atoms with Crippen molar-refractivity contribution < 1.29 is 22.7 Å². The van der Waals surface area contributed by atoms with Gasteiger partial charge in [-0.3, -0.25) is 0 Å². The van der Waals surface area contributed by atoms with Crippen LogP contribution in [0.3, 0.4) is 0 Å².